The summed E-state index contributed by atoms with van der Waals surface area (Å²) in [7, 11) is 0. The van der Waals surface area contributed by atoms with Crippen LogP contribution in [-0.2, 0) is 9.47 Å². The molecule has 0 aromatic heterocycles. The molecule has 1 aliphatic heterocycles. The van der Waals surface area contributed by atoms with E-state index in [2.05, 4.69) is 20.4 Å². The number of ether oxygens (including phenoxy) is 2. The third-order valence-corrected chi connectivity index (χ3v) is 2.98. The summed E-state index contributed by atoms with van der Waals surface area (Å²) in [6.45, 7) is 9.75. The minimum atomic E-state index is 0.293. The van der Waals surface area contributed by atoms with Gasteiger partial charge in [-0.25, -0.2) is 0 Å². The van der Waals surface area contributed by atoms with Crippen molar-refractivity contribution >= 4 is 0 Å². The summed E-state index contributed by atoms with van der Waals surface area (Å²) >= 11 is 0. The minimum Gasteiger partial charge on any atom is -0.499 e. The highest BCUT2D eigenvalue weighted by atomic mass is 16.5. The molecule has 1 heterocycles. The van der Waals surface area contributed by atoms with Crippen molar-refractivity contribution in [3.63, 3.8) is 0 Å². The van der Waals surface area contributed by atoms with E-state index in [1.54, 1.807) is 0 Å². The summed E-state index contributed by atoms with van der Waals surface area (Å²) < 4.78 is 10.5. The summed E-state index contributed by atoms with van der Waals surface area (Å²) in [4.78, 5) is 0. The summed E-state index contributed by atoms with van der Waals surface area (Å²) in [5.74, 6) is 0. The molecule has 0 aliphatic carbocycles. The van der Waals surface area contributed by atoms with Crippen molar-refractivity contribution in [2.24, 2.45) is 5.41 Å². The van der Waals surface area contributed by atoms with Crippen LogP contribution in [0.25, 0.3) is 0 Å². The van der Waals surface area contributed by atoms with Gasteiger partial charge in [0, 0.05) is 5.41 Å². The first-order valence-corrected chi connectivity index (χ1v) is 5.06. The average molecular weight is 184 g/mol. The van der Waals surface area contributed by atoms with Crippen molar-refractivity contribution in [1.29, 1.82) is 0 Å². The first-order chi connectivity index (χ1) is 6.22. The Morgan fingerprint density at radius 1 is 1.62 bits per heavy atom. The van der Waals surface area contributed by atoms with E-state index in [4.69, 9.17) is 9.47 Å². The second-order valence-electron chi connectivity index (χ2n) is 4.00. The van der Waals surface area contributed by atoms with E-state index in [9.17, 15) is 0 Å². The molecule has 0 bridgehead atoms. The number of hydrogen-bond donors (Lipinski definition) is 0. The van der Waals surface area contributed by atoms with Crippen LogP contribution in [0.2, 0.25) is 0 Å². The smallest absolute Gasteiger partial charge is 0.0950 e. The van der Waals surface area contributed by atoms with Crippen LogP contribution in [0.15, 0.2) is 12.8 Å². The Kier molecular flexibility index (Phi) is 3.79. The highest BCUT2D eigenvalue weighted by Crippen LogP contribution is 2.36. The van der Waals surface area contributed by atoms with E-state index in [0.29, 0.717) is 11.5 Å². The third kappa shape index (κ3) is 2.73. The van der Waals surface area contributed by atoms with Crippen molar-refractivity contribution in [1.82, 2.24) is 0 Å². The van der Waals surface area contributed by atoms with Gasteiger partial charge < -0.3 is 9.47 Å². The van der Waals surface area contributed by atoms with Crippen molar-refractivity contribution in [2.45, 2.75) is 39.2 Å². The quantitative estimate of drug-likeness (QED) is 0.591. The molecule has 0 spiro atoms. The van der Waals surface area contributed by atoms with Crippen LogP contribution in [0.1, 0.15) is 33.1 Å². The van der Waals surface area contributed by atoms with Crippen LogP contribution >= 0.6 is 0 Å². The van der Waals surface area contributed by atoms with Gasteiger partial charge in [0.2, 0.25) is 0 Å². The van der Waals surface area contributed by atoms with Crippen LogP contribution in [0.3, 0.4) is 0 Å². The lowest BCUT2D eigenvalue weighted by Gasteiger charge is -2.41. The molecule has 2 heteroatoms. The fourth-order valence-electron chi connectivity index (χ4n) is 1.66. The van der Waals surface area contributed by atoms with Gasteiger partial charge in [-0.15, -0.1) is 0 Å². The maximum atomic E-state index is 5.27. The van der Waals surface area contributed by atoms with Crippen molar-refractivity contribution in [2.75, 3.05) is 13.2 Å². The van der Waals surface area contributed by atoms with Gasteiger partial charge in [-0.3, -0.25) is 0 Å². The standard InChI is InChI=1S/C11H20O2/c1-4-11(8-12-9-11)7-6-10(3)13-5-2/h5,10H,2,4,6-9H2,1,3H3. The summed E-state index contributed by atoms with van der Waals surface area (Å²) in [6.07, 6.45) is 5.34. The van der Waals surface area contributed by atoms with Gasteiger partial charge in [-0.2, -0.15) is 0 Å². The highest BCUT2D eigenvalue weighted by Gasteiger charge is 2.36. The largest absolute Gasteiger partial charge is 0.499 e. The monoisotopic (exact) mass is 184 g/mol. The SMILES string of the molecule is C=COC(C)CCC1(CC)COC1. The molecule has 76 valence electrons. The molecule has 1 atom stereocenters. The molecule has 2 nitrogen and oxygen atoms in total. The van der Waals surface area contributed by atoms with Gasteiger partial charge in [0.15, 0.2) is 0 Å². The Bertz CT molecular complexity index is 156. The Morgan fingerprint density at radius 3 is 2.69 bits per heavy atom. The number of hydrogen-bond acceptors (Lipinski definition) is 2. The Balaban J connectivity index is 2.20. The molecule has 13 heavy (non-hydrogen) atoms. The topological polar surface area (TPSA) is 18.5 Å². The first kappa shape index (κ1) is 10.6. The molecular weight excluding hydrogens is 164 g/mol. The zero-order valence-corrected chi connectivity index (χ0v) is 8.71. The predicted octanol–water partition coefficient (Wildman–Crippen LogP) is 2.74. The summed E-state index contributed by atoms with van der Waals surface area (Å²) in [5, 5.41) is 0. The second kappa shape index (κ2) is 4.66. The summed E-state index contributed by atoms with van der Waals surface area (Å²) in [6, 6.07) is 0. The van der Waals surface area contributed by atoms with Crippen LogP contribution in [0.5, 0.6) is 0 Å². The minimum absolute atomic E-state index is 0.293. The van der Waals surface area contributed by atoms with Crippen molar-refractivity contribution < 1.29 is 9.47 Å². The van der Waals surface area contributed by atoms with Gasteiger partial charge >= 0.3 is 0 Å². The molecule has 0 aromatic carbocycles. The van der Waals surface area contributed by atoms with Crippen LogP contribution < -0.4 is 0 Å². The lowest BCUT2D eigenvalue weighted by molar-refractivity contribution is -0.123. The van der Waals surface area contributed by atoms with E-state index < -0.39 is 0 Å². The van der Waals surface area contributed by atoms with Crippen LogP contribution in [0, 0.1) is 5.41 Å². The van der Waals surface area contributed by atoms with Gasteiger partial charge in [0.25, 0.3) is 0 Å². The van der Waals surface area contributed by atoms with E-state index in [0.717, 1.165) is 19.6 Å². The molecule has 1 unspecified atom stereocenters. The molecule has 0 amide bonds. The van der Waals surface area contributed by atoms with E-state index in [-0.39, 0.29) is 0 Å². The molecule has 0 saturated carbocycles. The normalized spacial score (nSPS) is 21.7. The molecule has 0 aromatic rings. The second-order valence-corrected chi connectivity index (χ2v) is 4.00. The Hall–Kier alpha value is -0.500. The van der Waals surface area contributed by atoms with Gasteiger partial charge in [0.1, 0.15) is 0 Å². The van der Waals surface area contributed by atoms with Gasteiger partial charge in [-0.05, 0) is 26.2 Å². The molecule has 1 aliphatic rings. The van der Waals surface area contributed by atoms with Gasteiger partial charge in [0.05, 0.1) is 25.6 Å². The zero-order valence-electron chi connectivity index (χ0n) is 8.71. The van der Waals surface area contributed by atoms with E-state index >= 15 is 0 Å². The third-order valence-electron chi connectivity index (χ3n) is 2.98. The zero-order chi connectivity index (χ0) is 9.73. The van der Waals surface area contributed by atoms with Crippen LogP contribution in [0.4, 0.5) is 0 Å². The van der Waals surface area contributed by atoms with E-state index in [1.165, 1.54) is 19.1 Å². The average Bonchev–Trinajstić information content (AvgIpc) is 2.04. The molecular formula is C11H20O2. The molecule has 0 N–H and O–H groups in total. The fraction of sp³-hybridized carbons (Fsp3) is 0.818. The summed E-state index contributed by atoms with van der Waals surface area (Å²) in [5.41, 5.74) is 0.457. The highest BCUT2D eigenvalue weighted by molar-refractivity contribution is 4.84. The molecule has 1 fully saturated rings. The first-order valence-electron chi connectivity index (χ1n) is 5.06. The lowest BCUT2D eigenvalue weighted by atomic mass is 9.78. The van der Waals surface area contributed by atoms with Crippen molar-refractivity contribution in [3.05, 3.63) is 12.8 Å². The predicted molar refractivity (Wildman–Crippen MR) is 53.5 cm³/mol. The fourth-order valence-corrected chi connectivity index (χ4v) is 1.66. The maximum absolute atomic E-state index is 5.27. The lowest BCUT2D eigenvalue weighted by Crippen LogP contribution is -2.42. The van der Waals surface area contributed by atoms with E-state index in [1.807, 2.05) is 0 Å². The molecule has 1 rings (SSSR count). The molecule has 0 radical (unpaired) electrons. The Morgan fingerprint density at radius 2 is 2.31 bits per heavy atom. The van der Waals surface area contributed by atoms with Crippen LogP contribution in [-0.4, -0.2) is 19.3 Å². The molecule has 1 saturated heterocycles. The Labute approximate surface area is 80.9 Å². The van der Waals surface area contributed by atoms with Gasteiger partial charge in [-0.1, -0.05) is 13.5 Å². The number of rotatable bonds is 6. The maximum Gasteiger partial charge on any atom is 0.0950 e. The van der Waals surface area contributed by atoms with Crippen molar-refractivity contribution in [3.8, 4) is 0 Å².